The van der Waals surface area contributed by atoms with Gasteiger partial charge in [0.25, 0.3) is 0 Å². The molecule has 2 heterocycles. The fraction of sp³-hybridized carbons (Fsp3) is 0.400. The third kappa shape index (κ3) is 4.21. The number of likely N-dealkylation sites (tertiary alicyclic amines) is 1. The van der Waals surface area contributed by atoms with Crippen molar-refractivity contribution in [3.8, 4) is 5.69 Å². The average molecular weight is 384 g/mol. The minimum atomic E-state index is -0.466. The second kappa shape index (κ2) is 8.24. The molecule has 1 saturated heterocycles. The molecule has 1 aliphatic heterocycles. The SMILES string of the molecule is CCOC(=O)c1ccn(-c2ccc(NC(=O)C3CC(=O)N(C(C)C)C3)cc2)n1. The quantitative estimate of drug-likeness (QED) is 0.771. The van der Waals surface area contributed by atoms with Crippen LogP contribution in [-0.4, -0.2) is 51.7 Å². The molecule has 1 aromatic heterocycles. The highest BCUT2D eigenvalue weighted by Gasteiger charge is 2.35. The first-order valence-electron chi connectivity index (χ1n) is 9.32. The number of nitrogens with zero attached hydrogens (tertiary/aromatic N) is 3. The van der Waals surface area contributed by atoms with Crippen LogP contribution < -0.4 is 5.32 Å². The van der Waals surface area contributed by atoms with Crippen LogP contribution in [0.4, 0.5) is 5.69 Å². The molecular formula is C20H24N4O4. The number of rotatable bonds is 6. The van der Waals surface area contributed by atoms with Gasteiger partial charge in [-0.3, -0.25) is 9.59 Å². The molecule has 1 fully saturated rings. The summed E-state index contributed by atoms with van der Waals surface area (Å²) in [6.45, 7) is 6.37. The first-order chi connectivity index (χ1) is 13.4. The zero-order chi connectivity index (χ0) is 20.3. The van der Waals surface area contributed by atoms with Gasteiger partial charge >= 0.3 is 5.97 Å². The molecule has 8 heteroatoms. The molecule has 0 radical (unpaired) electrons. The average Bonchev–Trinajstić information content (AvgIpc) is 3.30. The Morgan fingerprint density at radius 1 is 1.25 bits per heavy atom. The van der Waals surface area contributed by atoms with Gasteiger partial charge in [-0.25, -0.2) is 9.48 Å². The van der Waals surface area contributed by atoms with Crippen LogP contribution in [0.2, 0.25) is 0 Å². The lowest BCUT2D eigenvalue weighted by atomic mass is 10.1. The lowest BCUT2D eigenvalue weighted by Gasteiger charge is -2.20. The fourth-order valence-electron chi connectivity index (χ4n) is 3.13. The maximum Gasteiger partial charge on any atom is 0.358 e. The van der Waals surface area contributed by atoms with Crippen molar-refractivity contribution in [2.75, 3.05) is 18.5 Å². The highest BCUT2D eigenvalue weighted by molar-refractivity contribution is 5.97. The fourth-order valence-corrected chi connectivity index (χ4v) is 3.13. The van der Waals surface area contributed by atoms with E-state index in [2.05, 4.69) is 10.4 Å². The van der Waals surface area contributed by atoms with Crippen LogP contribution in [0.5, 0.6) is 0 Å². The summed E-state index contributed by atoms with van der Waals surface area (Å²) in [5.74, 6) is -0.950. The Hall–Kier alpha value is -3.16. The third-order valence-electron chi connectivity index (χ3n) is 4.63. The summed E-state index contributed by atoms with van der Waals surface area (Å²) >= 11 is 0. The highest BCUT2D eigenvalue weighted by Crippen LogP contribution is 2.22. The first-order valence-corrected chi connectivity index (χ1v) is 9.32. The molecule has 0 saturated carbocycles. The molecule has 2 amide bonds. The number of amides is 2. The van der Waals surface area contributed by atoms with E-state index in [9.17, 15) is 14.4 Å². The molecular weight excluding hydrogens is 360 g/mol. The molecule has 1 atom stereocenters. The van der Waals surface area contributed by atoms with Gasteiger partial charge in [-0.05, 0) is 51.1 Å². The Balaban J connectivity index is 1.63. The van der Waals surface area contributed by atoms with Gasteiger partial charge in [0.15, 0.2) is 5.69 Å². The molecule has 8 nitrogen and oxygen atoms in total. The van der Waals surface area contributed by atoms with E-state index >= 15 is 0 Å². The van der Waals surface area contributed by atoms with Crippen LogP contribution in [0.25, 0.3) is 5.69 Å². The number of hydrogen-bond donors (Lipinski definition) is 1. The van der Waals surface area contributed by atoms with Crippen molar-refractivity contribution in [2.24, 2.45) is 5.92 Å². The maximum absolute atomic E-state index is 12.5. The van der Waals surface area contributed by atoms with E-state index in [1.54, 1.807) is 53.0 Å². The van der Waals surface area contributed by atoms with E-state index in [0.717, 1.165) is 5.69 Å². The summed E-state index contributed by atoms with van der Waals surface area (Å²) in [6, 6.07) is 8.78. The molecule has 1 unspecified atom stereocenters. The summed E-state index contributed by atoms with van der Waals surface area (Å²) < 4.78 is 6.49. The molecule has 1 N–H and O–H groups in total. The zero-order valence-corrected chi connectivity index (χ0v) is 16.2. The maximum atomic E-state index is 12.5. The molecule has 28 heavy (non-hydrogen) atoms. The van der Waals surface area contributed by atoms with E-state index < -0.39 is 5.97 Å². The smallest absolute Gasteiger partial charge is 0.358 e. The summed E-state index contributed by atoms with van der Waals surface area (Å²) in [5.41, 5.74) is 1.62. The number of benzene rings is 1. The number of ether oxygens (including phenoxy) is 1. The van der Waals surface area contributed by atoms with Gasteiger partial charge in [-0.15, -0.1) is 0 Å². The van der Waals surface area contributed by atoms with E-state index in [-0.39, 0.29) is 35.9 Å². The molecule has 2 aromatic rings. The normalized spacial score (nSPS) is 16.5. The van der Waals surface area contributed by atoms with E-state index in [1.165, 1.54) is 0 Å². The summed E-state index contributed by atoms with van der Waals surface area (Å²) in [7, 11) is 0. The van der Waals surface area contributed by atoms with Crippen LogP contribution in [0, 0.1) is 5.92 Å². The standard InChI is InChI=1S/C20H24N4O4/c1-4-28-20(27)17-9-10-24(22-17)16-7-5-15(6-8-16)21-19(26)14-11-18(25)23(12-14)13(2)3/h5-10,13-14H,4,11-12H2,1-3H3,(H,21,26). The second-order valence-electron chi connectivity index (χ2n) is 6.94. The molecule has 1 aromatic carbocycles. The number of anilines is 1. The van der Waals surface area contributed by atoms with Crippen LogP contribution in [0.15, 0.2) is 36.5 Å². The molecule has 0 bridgehead atoms. The Morgan fingerprint density at radius 2 is 1.96 bits per heavy atom. The monoisotopic (exact) mass is 384 g/mol. The largest absolute Gasteiger partial charge is 0.461 e. The third-order valence-corrected chi connectivity index (χ3v) is 4.63. The number of carbonyl (C=O) groups excluding carboxylic acids is 3. The van der Waals surface area contributed by atoms with Crippen LogP contribution in [0.1, 0.15) is 37.7 Å². The molecule has 3 rings (SSSR count). The molecule has 1 aliphatic rings. The Bertz CT molecular complexity index is 873. The summed E-state index contributed by atoms with van der Waals surface area (Å²) in [6.07, 6.45) is 1.91. The molecule has 0 aliphatic carbocycles. The first kappa shape index (κ1) is 19.6. The minimum absolute atomic E-state index is 0.0154. The Labute approximate surface area is 163 Å². The number of esters is 1. The van der Waals surface area contributed by atoms with Crippen molar-refractivity contribution in [3.05, 3.63) is 42.2 Å². The molecule has 0 spiro atoms. The van der Waals surface area contributed by atoms with Gasteiger partial charge in [0.1, 0.15) is 0 Å². The topological polar surface area (TPSA) is 93.5 Å². The van der Waals surface area contributed by atoms with Gasteiger partial charge in [0, 0.05) is 30.9 Å². The number of nitrogens with one attached hydrogen (secondary N) is 1. The highest BCUT2D eigenvalue weighted by atomic mass is 16.5. The van der Waals surface area contributed by atoms with Crippen molar-refractivity contribution in [1.29, 1.82) is 0 Å². The number of hydrogen-bond acceptors (Lipinski definition) is 5. The predicted molar refractivity (Wildman–Crippen MR) is 103 cm³/mol. The van der Waals surface area contributed by atoms with Gasteiger partial charge in [0.2, 0.25) is 11.8 Å². The van der Waals surface area contributed by atoms with Crippen LogP contribution >= 0.6 is 0 Å². The van der Waals surface area contributed by atoms with E-state index in [0.29, 0.717) is 18.8 Å². The van der Waals surface area contributed by atoms with Crippen molar-refractivity contribution in [2.45, 2.75) is 33.2 Å². The van der Waals surface area contributed by atoms with Crippen LogP contribution in [-0.2, 0) is 14.3 Å². The number of aromatic nitrogens is 2. The summed E-state index contributed by atoms with van der Waals surface area (Å²) in [4.78, 5) is 37.9. The lowest BCUT2D eigenvalue weighted by Crippen LogP contribution is -2.33. The van der Waals surface area contributed by atoms with E-state index in [4.69, 9.17) is 4.74 Å². The Morgan fingerprint density at radius 3 is 2.57 bits per heavy atom. The Kier molecular flexibility index (Phi) is 5.77. The summed E-state index contributed by atoms with van der Waals surface area (Å²) in [5, 5.41) is 7.06. The zero-order valence-electron chi connectivity index (χ0n) is 16.2. The lowest BCUT2D eigenvalue weighted by molar-refractivity contribution is -0.129. The molecule has 148 valence electrons. The number of carbonyl (C=O) groups is 3. The van der Waals surface area contributed by atoms with Crippen molar-refractivity contribution >= 4 is 23.5 Å². The van der Waals surface area contributed by atoms with Crippen molar-refractivity contribution in [3.63, 3.8) is 0 Å². The van der Waals surface area contributed by atoms with E-state index in [1.807, 2.05) is 13.8 Å². The van der Waals surface area contributed by atoms with Gasteiger partial charge in [-0.1, -0.05) is 0 Å². The van der Waals surface area contributed by atoms with Crippen molar-refractivity contribution < 1.29 is 19.1 Å². The van der Waals surface area contributed by atoms with Crippen molar-refractivity contribution in [1.82, 2.24) is 14.7 Å². The van der Waals surface area contributed by atoms with Gasteiger partial charge in [0.05, 0.1) is 18.2 Å². The minimum Gasteiger partial charge on any atom is -0.461 e. The second-order valence-corrected chi connectivity index (χ2v) is 6.94. The predicted octanol–water partition coefficient (Wildman–Crippen LogP) is 2.24. The van der Waals surface area contributed by atoms with Gasteiger partial charge in [-0.2, -0.15) is 5.10 Å². The van der Waals surface area contributed by atoms with Crippen LogP contribution in [0.3, 0.4) is 0 Å². The van der Waals surface area contributed by atoms with Gasteiger partial charge < -0.3 is 15.0 Å².